The van der Waals surface area contributed by atoms with Crippen molar-refractivity contribution in [3.63, 3.8) is 0 Å². The predicted octanol–water partition coefficient (Wildman–Crippen LogP) is -2.08. The first-order chi connectivity index (χ1) is 8.25. The summed E-state index contributed by atoms with van der Waals surface area (Å²) in [6.45, 7) is 3.42. The third-order valence-corrected chi connectivity index (χ3v) is 4.60. The topological polar surface area (TPSA) is 34.4 Å². The first-order valence-corrected chi connectivity index (χ1v) is 7.80. The van der Waals surface area contributed by atoms with Crippen LogP contribution < -0.4 is 17.3 Å². The third kappa shape index (κ3) is 4.84. The van der Waals surface area contributed by atoms with Gasteiger partial charge < -0.3 is 17.3 Å². The van der Waals surface area contributed by atoms with Gasteiger partial charge in [-0.05, 0) is 31.4 Å². The number of likely N-dealkylation sites (tertiary alicyclic amines) is 1. The molecule has 0 amide bonds. The van der Waals surface area contributed by atoms with Crippen LogP contribution in [0.4, 0.5) is 0 Å². The number of pyridine rings is 1. The molecule has 1 N–H and O–H groups in total. The van der Waals surface area contributed by atoms with Crippen LogP contribution in [-0.2, 0) is 10.8 Å². The van der Waals surface area contributed by atoms with E-state index in [4.69, 9.17) is 11.6 Å². The fraction of sp³-hybridized carbons (Fsp3) is 0.583. The SMILES string of the molecule is O=S(CC[NH+]1CCCCC1)c1cccc(Cl)n1.[Cl-]. The Kier molecular flexibility index (Phi) is 7.15. The van der Waals surface area contributed by atoms with Crippen LogP contribution in [0.2, 0.25) is 5.15 Å². The number of nitrogens with one attached hydrogen (secondary N) is 1. The fourth-order valence-corrected chi connectivity index (χ4v) is 3.49. The third-order valence-electron chi connectivity index (χ3n) is 3.12. The van der Waals surface area contributed by atoms with Gasteiger partial charge in [0.05, 0.1) is 36.2 Å². The van der Waals surface area contributed by atoms with Gasteiger partial charge in [-0.15, -0.1) is 0 Å². The van der Waals surface area contributed by atoms with Gasteiger partial charge >= 0.3 is 0 Å². The van der Waals surface area contributed by atoms with Crippen molar-refractivity contribution in [3.05, 3.63) is 23.4 Å². The van der Waals surface area contributed by atoms with Crippen LogP contribution >= 0.6 is 11.6 Å². The number of hydrogen-bond acceptors (Lipinski definition) is 2. The lowest BCUT2D eigenvalue weighted by atomic mass is 10.1. The van der Waals surface area contributed by atoms with Gasteiger partial charge in [-0.25, -0.2) is 4.98 Å². The molecule has 1 atom stereocenters. The summed E-state index contributed by atoms with van der Waals surface area (Å²) in [7, 11) is -1.01. The van der Waals surface area contributed by atoms with E-state index in [9.17, 15) is 4.21 Å². The summed E-state index contributed by atoms with van der Waals surface area (Å²) in [5.74, 6) is 0.683. The van der Waals surface area contributed by atoms with Crippen molar-refractivity contribution in [2.45, 2.75) is 24.3 Å². The lowest BCUT2D eigenvalue weighted by Gasteiger charge is -2.23. The summed E-state index contributed by atoms with van der Waals surface area (Å²) in [6, 6.07) is 5.29. The van der Waals surface area contributed by atoms with Gasteiger partial charge in [0.2, 0.25) is 0 Å². The lowest BCUT2D eigenvalue weighted by molar-refractivity contribution is -0.902. The van der Waals surface area contributed by atoms with E-state index < -0.39 is 10.8 Å². The van der Waals surface area contributed by atoms with Crippen LogP contribution in [0.25, 0.3) is 0 Å². The van der Waals surface area contributed by atoms with E-state index in [0.29, 0.717) is 15.9 Å². The molecule has 0 aliphatic carbocycles. The Balaban J connectivity index is 0.00000162. The predicted molar refractivity (Wildman–Crippen MR) is 69.9 cm³/mol. The monoisotopic (exact) mass is 308 g/mol. The number of aromatic nitrogens is 1. The highest BCUT2D eigenvalue weighted by Crippen LogP contribution is 2.08. The van der Waals surface area contributed by atoms with Gasteiger partial charge in [0, 0.05) is 0 Å². The molecule has 2 rings (SSSR count). The second kappa shape index (κ2) is 8.10. The van der Waals surface area contributed by atoms with E-state index >= 15 is 0 Å². The maximum absolute atomic E-state index is 12.0. The van der Waals surface area contributed by atoms with Gasteiger partial charge in [0.1, 0.15) is 10.2 Å². The normalized spacial score (nSPS) is 18.1. The molecule has 1 aromatic rings. The molecule has 1 aromatic heterocycles. The molecule has 6 heteroatoms. The summed E-state index contributed by atoms with van der Waals surface area (Å²) in [5, 5.41) is 1.02. The van der Waals surface area contributed by atoms with E-state index in [1.807, 2.05) is 0 Å². The maximum atomic E-state index is 12.0. The number of hydrogen-bond donors (Lipinski definition) is 1. The van der Waals surface area contributed by atoms with E-state index in [2.05, 4.69) is 4.98 Å². The standard InChI is InChI=1S/C12H17ClN2OS.ClH/c13-11-5-4-6-12(14-11)17(16)10-9-15-7-2-1-3-8-15;/h4-6H,1-3,7-10H2;1H. The summed E-state index contributed by atoms with van der Waals surface area (Å²) < 4.78 is 12.0. The van der Waals surface area contributed by atoms with Crippen molar-refractivity contribution in [2.75, 3.05) is 25.4 Å². The van der Waals surface area contributed by atoms with Crippen LogP contribution in [0, 0.1) is 0 Å². The largest absolute Gasteiger partial charge is 1.00 e. The second-order valence-electron chi connectivity index (χ2n) is 4.41. The molecule has 1 saturated heterocycles. The van der Waals surface area contributed by atoms with Crippen molar-refractivity contribution < 1.29 is 21.5 Å². The van der Waals surface area contributed by atoms with Gasteiger partial charge in [0.25, 0.3) is 0 Å². The Morgan fingerprint density at radius 3 is 2.67 bits per heavy atom. The van der Waals surface area contributed by atoms with Crippen LogP contribution in [-0.4, -0.2) is 34.6 Å². The number of halogens is 2. The van der Waals surface area contributed by atoms with Gasteiger partial charge in [0.15, 0.2) is 0 Å². The van der Waals surface area contributed by atoms with Gasteiger partial charge in [-0.2, -0.15) is 0 Å². The molecule has 3 nitrogen and oxygen atoms in total. The Hall–Kier alpha value is -0.160. The smallest absolute Gasteiger partial charge is 0.130 e. The zero-order valence-corrected chi connectivity index (χ0v) is 12.5. The summed E-state index contributed by atoms with van der Waals surface area (Å²) in [6.07, 6.45) is 3.96. The summed E-state index contributed by atoms with van der Waals surface area (Å²) in [4.78, 5) is 5.67. The maximum Gasteiger partial charge on any atom is 0.130 e. The molecule has 1 aliphatic heterocycles. The molecule has 0 aromatic carbocycles. The highest BCUT2D eigenvalue weighted by molar-refractivity contribution is 7.85. The molecule has 2 heterocycles. The quantitative estimate of drug-likeness (QED) is 0.648. The number of quaternary nitrogens is 1. The van der Waals surface area contributed by atoms with E-state index in [0.717, 1.165) is 6.54 Å². The molecule has 1 aliphatic rings. The Morgan fingerprint density at radius 1 is 1.28 bits per heavy atom. The van der Waals surface area contributed by atoms with Crippen molar-refractivity contribution in [2.24, 2.45) is 0 Å². The fourth-order valence-electron chi connectivity index (χ4n) is 2.16. The highest BCUT2D eigenvalue weighted by atomic mass is 35.5. The van der Waals surface area contributed by atoms with Crippen molar-refractivity contribution in [1.29, 1.82) is 0 Å². The first-order valence-electron chi connectivity index (χ1n) is 6.10. The van der Waals surface area contributed by atoms with Crippen molar-refractivity contribution >= 4 is 22.4 Å². The molecule has 0 spiro atoms. The van der Waals surface area contributed by atoms with Crippen LogP contribution in [0.1, 0.15) is 19.3 Å². The minimum absolute atomic E-state index is 0. The molecular formula is C12H18Cl2N2OS. The Labute approximate surface area is 122 Å². The minimum atomic E-state index is -1.01. The molecule has 0 bridgehead atoms. The van der Waals surface area contributed by atoms with E-state index in [-0.39, 0.29) is 12.4 Å². The van der Waals surface area contributed by atoms with Gasteiger partial charge in [-0.1, -0.05) is 17.7 Å². The number of nitrogens with zero attached hydrogens (tertiary/aromatic N) is 1. The van der Waals surface area contributed by atoms with E-state index in [1.165, 1.54) is 32.4 Å². The Bertz CT molecular complexity index is 397. The number of piperidine rings is 1. The minimum Gasteiger partial charge on any atom is -1.00 e. The lowest BCUT2D eigenvalue weighted by Crippen LogP contribution is -3.13. The molecular weight excluding hydrogens is 291 g/mol. The van der Waals surface area contributed by atoms with Crippen LogP contribution in [0.15, 0.2) is 23.2 Å². The number of rotatable bonds is 4. The van der Waals surface area contributed by atoms with Crippen molar-refractivity contribution in [1.82, 2.24) is 4.98 Å². The molecule has 102 valence electrons. The molecule has 18 heavy (non-hydrogen) atoms. The molecule has 0 radical (unpaired) electrons. The van der Waals surface area contributed by atoms with Crippen LogP contribution in [0.5, 0.6) is 0 Å². The summed E-state index contributed by atoms with van der Waals surface area (Å²) >= 11 is 5.79. The molecule has 0 saturated carbocycles. The highest BCUT2D eigenvalue weighted by Gasteiger charge is 2.15. The average Bonchev–Trinajstić information content (AvgIpc) is 2.37. The summed E-state index contributed by atoms with van der Waals surface area (Å²) in [5.41, 5.74) is 0. The molecule has 1 fully saturated rings. The van der Waals surface area contributed by atoms with Gasteiger partial charge in [-0.3, -0.25) is 4.21 Å². The van der Waals surface area contributed by atoms with E-state index in [1.54, 1.807) is 23.1 Å². The Morgan fingerprint density at radius 2 is 2.00 bits per heavy atom. The zero-order valence-electron chi connectivity index (χ0n) is 10.2. The average molecular weight is 309 g/mol. The van der Waals surface area contributed by atoms with Crippen molar-refractivity contribution in [3.8, 4) is 0 Å². The van der Waals surface area contributed by atoms with Crippen LogP contribution in [0.3, 0.4) is 0 Å². The first kappa shape index (κ1) is 15.9. The molecule has 1 unspecified atom stereocenters. The zero-order chi connectivity index (χ0) is 12.1. The second-order valence-corrected chi connectivity index (χ2v) is 6.31.